The van der Waals surface area contributed by atoms with Gasteiger partial charge in [-0.1, -0.05) is 18.6 Å². The second kappa shape index (κ2) is 7.03. The maximum Gasteiger partial charge on any atom is 0.221 e. The Hall–Kier alpha value is -1.03. The van der Waals surface area contributed by atoms with Crippen LogP contribution in [0.25, 0.3) is 0 Å². The van der Waals surface area contributed by atoms with Gasteiger partial charge in [0.15, 0.2) is 0 Å². The van der Waals surface area contributed by atoms with Gasteiger partial charge in [-0.15, -0.1) is 11.8 Å². The van der Waals surface area contributed by atoms with Gasteiger partial charge in [0, 0.05) is 23.1 Å². The van der Waals surface area contributed by atoms with E-state index in [2.05, 4.69) is 12.2 Å². The summed E-state index contributed by atoms with van der Waals surface area (Å²) in [5, 5.41) is 3.16. The van der Waals surface area contributed by atoms with Crippen molar-refractivity contribution in [2.24, 2.45) is 17.8 Å². The van der Waals surface area contributed by atoms with Crippen LogP contribution in [0.3, 0.4) is 0 Å². The zero-order valence-electron chi connectivity index (χ0n) is 13.1. The quantitative estimate of drug-likeness (QED) is 0.794. The van der Waals surface area contributed by atoms with Crippen LogP contribution >= 0.6 is 11.8 Å². The third kappa shape index (κ3) is 3.65. The van der Waals surface area contributed by atoms with Crippen molar-refractivity contribution in [2.75, 3.05) is 5.75 Å². The minimum atomic E-state index is -0.205. The summed E-state index contributed by atoms with van der Waals surface area (Å²) in [5.74, 6) is 2.92. The maximum absolute atomic E-state index is 13.5. The zero-order chi connectivity index (χ0) is 15.5. The number of halogens is 1. The molecule has 0 radical (unpaired) electrons. The summed E-state index contributed by atoms with van der Waals surface area (Å²) in [5.41, 5.74) is 0. The summed E-state index contributed by atoms with van der Waals surface area (Å²) in [6.45, 7) is 2.15. The molecule has 2 aliphatic carbocycles. The molecule has 2 nitrogen and oxygen atoms in total. The van der Waals surface area contributed by atoms with E-state index >= 15 is 0 Å². The SMILES string of the molecule is CC(NC(=O)CCSc1ccccc1F)C1CC2CCC1C2. The van der Waals surface area contributed by atoms with Gasteiger partial charge in [-0.2, -0.15) is 0 Å². The molecule has 0 aromatic heterocycles. The highest BCUT2D eigenvalue weighted by molar-refractivity contribution is 7.99. The third-order valence-corrected chi connectivity index (χ3v) is 6.30. The van der Waals surface area contributed by atoms with Gasteiger partial charge < -0.3 is 5.32 Å². The molecule has 22 heavy (non-hydrogen) atoms. The van der Waals surface area contributed by atoms with E-state index in [9.17, 15) is 9.18 Å². The lowest BCUT2D eigenvalue weighted by Gasteiger charge is -2.28. The molecule has 0 spiro atoms. The summed E-state index contributed by atoms with van der Waals surface area (Å²) in [4.78, 5) is 12.7. The summed E-state index contributed by atoms with van der Waals surface area (Å²) in [6.07, 6.45) is 5.84. The summed E-state index contributed by atoms with van der Waals surface area (Å²) in [6, 6.07) is 7.00. The third-order valence-electron chi connectivity index (χ3n) is 5.25. The molecule has 1 N–H and O–H groups in total. The highest BCUT2D eigenvalue weighted by atomic mass is 32.2. The van der Waals surface area contributed by atoms with Crippen molar-refractivity contribution in [1.29, 1.82) is 0 Å². The van der Waals surface area contributed by atoms with Crippen LogP contribution in [-0.2, 0) is 4.79 Å². The molecule has 4 unspecified atom stereocenters. The largest absolute Gasteiger partial charge is 0.353 e. The van der Waals surface area contributed by atoms with Crippen molar-refractivity contribution in [3.8, 4) is 0 Å². The number of thioether (sulfide) groups is 1. The van der Waals surface area contributed by atoms with Gasteiger partial charge >= 0.3 is 0 Å². The number of carbonyl (C=O) groups excluding carboxylic acids is 1. The molecule has 3 rings (SSSR count). The van der Waals surface area contributed by atoms with E-state index in [1.54, 1.807) is 12.1 Å². The maximum atomic E-state index is 13.5. The highest BCUT2D eigenvalue weighted by Gasteiger charge is 2.41. The first-order valence-electron chi connectivity index (χ1n) is 8.30. The average molecular weight is 321 g/mol. The lowest BCUT2D eigenvalue weighted by atomic mass is 9.84. The van der Waals surface area contributed by atoms with Crippen LogP contribution in [0.15, 0.2) is 29.2 Å². The van der Waals surface area contributed by atoms with E-state index in [1.807, 2.05) is 6.07 Å². The molecular weight excluding hydrogens is 297 g/mol. The van der Waals surface area contributed by atoms with Gasteiger partial charge in [-0.3, -0.25) is 4.79 Å². The number of nitrogens with one attached hydrogen (secondary N) is 1. The van der Waals surface area contributed by atoms with Crippen molar-refractivity contribution in [3.05, 3.63) is 30.1 Å². The van der Waals surface area contributed by atoms with E-state index in [0.29, 0.717) is 23.0 Å². The van der Waals surface area contributed by atoms with Crippen molar-refractivity contribution < 1.29 is 9.18 Å². The molecule has 4 heteroatoms. The molecule has 4 atom stereocenters. The Morgan fingerprint density at radius 1 is 1.36 bits per heavy atom. The van der Waals surface area contributed by atoms with Crippen molar-refractivity contribution in [1.82, 2.24) is 5.32 Å². The van der Waals surface area contributed by atoms with Gasteiger partial charge in [0.2, 0.25) is 5.91 Å². The first-order chi connectivity index (χ1) is 10.6. The number of hydrogen-bond donors (Lipinski definition) is 1. The van der Waals surface area contributed by atoms with Gasteiger partial charge in [0.25, 0.3) is 0 Å². The number of benzene rings is 1. The molecule has 0 heterocycles. The van der Waals surface area contributed by atoms with Crippen molar-refractivity contribution in [2.45, 2.75) is 50.0 Å². The Balaban J connectivity index is 1.40. The number of fused-ring (bicyclic) bond motifs is 2. The molecule has 0 saturated heterocycles. The molecule has 1 aromatic rings. The minimum absolute atomic E-state index is 0.0964. The van der Waals surface area contributed by atoms with Crippen LogP contribution in [0.1, 0.15) is 39.0 Å². The Morgan fingerprint density at radius 3 is 2.86 bits per heavy atom. The molecule has 1 aromatic carbocycles. The Morgan fingerprint density at radius 2 is 2.18 bits per heavy atom. The second-order valence-electron chi connectivity index (χ2n) is 6.72. The van der Waals surface area contributed by atoms with Crippen LogP contribution in [0.2, 0.25) is 0 Å². The topological polar surface area (TPSA) is 29.1 Å². The Labute approximate surface area is 136 Å². The molecule has 120 valence electrons. The lowest BCUT2D eigenvalue weighted by Crippen LogP contribution is -2.40. The predicted molar refractivity (Wildman–Crippen MR) is 88.3 cm³/mol. The summed E-state index contributed by atoms with van der Waals surface area (Å²) >= 11 is 1.41. The van der Waals surface area contributed by atoms with Gasteiger partial charge in [0.1, 0.15) is 5.82 Å². The molecule has 2 aliphatic rings. The smallest absolute Gasteiger partial charge is 0.221 e. The van der Waals surface area contributed by atoms with E-state index in [4.69, 9.17) is 0 Å². The van der Waals surface area contributed by atoms with Gasteiger partial charge in [-0.05, 0) is 56.1 Å². The number of hydrogen-bond acceptors (Lipinski definition) is 2. The standard InChI is InChI=1S/C18H24FNOS/c1-12(15-11-13-6-7-14(15)10-13)20-18(21)8-9-22-17-5-3-2-4-16(17)19/h2-5,12-15H,6-11H2,1H3,(H,20,21). The second-order valence-corrected chi connectivity index (χ2v) is 7.86. The fourth-order valence-electron chi connectivity index (χ4n) is 4.15. The van der Waals surface area contributed by atoms with E-state index in [-0.39, 0.29) is 17.8 Å². The summed E-state index contributed by atoms with van der Waals surface area (Å²) in [7, 11) is 0. The number of amides is 1. The van der Waals surface area contributed by atoms with E-state index in [1.165, 1.54) is 43.5 Å². The normalized spacial score (nSPS) is 27.8. The molecular formula is C18H24FNOS. The highest BCUT2D eigenvalue weighted by Crippen LogP contribution is 2.49. The van der Waals surface area contributed by atoms with Gasteiger partial charge in [0.05, 0.1) is 0 Å². The summed E-state index contributed by atoms with van der Waals surface area (Å²) < 4.78 is 13.5. The zero-order valence-corrected chi connectivity index (χ0v) is 13.9. The van der Waals surface area contributed by atoms with Crippen LogP contribution < -0.4 is 5.32 Å². The van der Waals surface area contributed by atoms with Crippen LogP contribution in [0, 0.1) is 23.6 Å². The predicted octanol–water partition coefficient (Wildman–Crippen LogP) is 4.25. The Kier molecular flexibility index (Phi) is 5.07. The van der Waals surface area contributed by atoms with E-state index < -0.39 is 0 Å². The van der Waals surface area contributed by atoms with Crippen molar-refractivity contribution in [3.63, 3.8) is 0 Å². The Bertz CT molecular complexity index is 536. The molecule has 1 amide bonds. The number of carbonyl (C=O) groups is 1. The average Bonchev–Trinajstić information content (AvgIpc) is 3.12. The molecule has 0 aliphatic heterocycles. The molecule has 2 saturated carbocycles. The van der Waals surface area contributed by atoms with Crippen molar-refractivity contribution >= 4 is 17.7 Å². The fraction of sp³-hybridized carbons (Fsp3) is 0.611. The first kappa shape index (κ1) is 15.9. The first-order valence-corrected chi connectivity index (χ1v) is 9.28. The number of rotatable bonds is 6. The molecule has 2 bridgehead atoms. The van der Waals surface area contributed by atoms with Crippen LogP contribution in [0.4, 0.5) is 4.39 Å². The van der Waals surface area contributed by atoms with Crippen LogP contribution in [-0.4, -0.2) is 17.7 Å². The minimum Gasteiger partial charge on any atom is -0.353 e. The monoisotopic (exact) mass is 321 g/mol. The lowest BCUT2D eigenvalue weighted by molar-refractivity contribution is -0.121. The van der Waals surface area contributed by atoms with E-state index in [0.717, 1.165) is 11.8 Å². The molecule has 2 fully saturated rings. The van der Waals surface area contributed by atoms with Crippen LogP contribution in [0.5, 0.6) is 0 Å². The fourth-order valence-corrected chi connectivity index (χ4v) is 5.04. The van der Waals surface area contributed by atoms with Gasteiger partial charge in [-0.25, -0.2) is 4.39 Å².